The molecule has 1 fully saturated rings. The molecule has 6 heteroatoms. The molecular weight excluding hydrogens is 288 g/mol. The van der Waals surface area contributed by atoms with E-state index in [9.17, 15) is 8.42 Å². The van der Waals surface area contributed by atoms with Gasteiger partial charge in [-0.3, -0.25) is 0 Å². The van der Waals surface area contributed by atoms with Gasteiger partial charge in [0.1, 0.15) is 16.4 Å². The van der Waals surface area contributed by atoms with E-state index in [0.29, 0.717) is 28.9 Å². The van der Waals surface area contributed by atoms with Gasteiger partial charge in [0.2, 0.25) is 10.0 Å². The van der Waals surface area contributed by atoms with Crippen molar-refractivity contribution in [2.24, 2.45) is 5.92 Å². The smallest absolute Gasteiger partial charge is 0.246 e. The van der Waals surface area contributed by atoms with Crippen molar-refractivity contribution >= 4 is 10.0 Å². The number of furan rings is 1. The Hall–Kier alpha value is -0.850. The molecule has 0 aliphatic heterocycles. The van der Waals surface area contributed by atoms with Crippen molar-refractivity contribution in [2.45, 2.75) is 57.0 Å². The van der Waals surface area contributed by atoms with Gasteiger partial charge < -0.3 is 9.73 Å². The Balaban J connectivity index is 2.24. The first-order chi connectivity index (χ1) is 9.86. The Bertz CT molecular complexity index is 580. The van der Waals surface area contributed by atoms with Crippen LogP contribution >= 0.6 is 0 Å². The first kappa shape index (κ1) is 16.5. The molecule has 120 valence electrons. The van der Waals surface area contributed by atoms with Gasteiger partial charge in [0.25, 0.3) is 0 Å². The van der Waals surface area contributed by atoms with E-state index in [1.54, 1.807) is 24.3 Å². The normalized spacial score (nSPS) is 23.7. The number of aryl methyl sites for hydroxylation is 1. The van der Waals surface area contributed by atoms with E-state index in [2.05, 4.69) is 12.2 Å². The average Bonchev–Trinajstić information content (AvgIpc) is 2.80. The highest BCUT2D eigenvalue weighted by Gasteiger charge is 2.33. The molecule has 0 spiro atoms. The fourth-order valence-electron chi connectivity index (χ4n) is 3.13. The van der Waals surface area contributed by atoms with Crippen molar-refractivity contribution in [1.82, 2.24) is 9.62 Å². The van der Waals surface area contributed by atoms with Crippen molar-refractivity contribution in [1.29, 1.82) is 0 Å². The molecule has 2 rings (SSSR count). The third-order valence-electron chi connectivity index (χ3n) is 4.35. The van der Waals surface area contributed by atoms with Crippen LogP contribution in [-0.4, -0.2) is 32.9 Å². The minimum Gasteiger partial charge on any atom is -0.464 e. The van der Waals surface area contributed by atoms with E-state index in [1.807, 2.05) is 7.05 Å². The van der Waals surface area contributed by atoms with Gasteiger partial charge in [-0.15, -0.1) is 0 Å². The van der Waals surface area contributed by atoms with Gasteiger partial charge in [-0.1, -0.05) is 19.8 Å². The van der Waals surface area contributed by atoms with E-state index >= 15 is 0 Å². The molecule has 0 amide bonds. The monoisotopic (exact) mass is 314 g/mol. The quantitative estimate of drug-likeness (QED) is 0.907. The van der Waals surface area contributed by atoms with Crippen LogP contribution in [0.3, 0.4) is 0 Å². The van der Waals surface area contributed by atoms with Gasteiger partial charge in [-0.25, -0.2) is 8.42 Å². The van der Waals surface area contributed by atoms with E-state index in [1.165, 1.54) is 6.42 Å². The second-order valence-electron chi connectivity index (χ2n) is 6.11. The molecule has 0 aromatic carbocycles. The number of hydrogen-bond acceptors (Lipinski definition) is 4. The minimum atomic E-state index is -3.48. The molecule has 0 bridgehead atoms. The first-order valence-electron chi connectivity index (χ1n) is 7.58. The van der Waals surface area contributed by atoms with Crippen LogP contribution in [0, 0.1) is 12.8 Å². The Kier molecular flexibility index (Phi) is 5.11. The molecule has 0 saturated heterocycles. The molecule has 1 N–H and O–H groups in total. The zero-order valence-electron chi connectivity index (χ0n) is 13.3. The summed E-state index contributed by atoms with van der Waals surface area (Å²) >= 11 is 0. The predicted molar refractivity (Wildman–Crippen MR) is 82.6 cm³/mol. The largest absolute Gasteiger partial charge is 0.464 e. The summed E-state index contributed by atoms with van der Waals surface area (Å²) in [5, 5.41) is 2.97. The van der Waals surface area contributed by atoms with Gasteiger partial charge in [-0.05, 0) is 32.7 Å². The fourth-order valence-corrected chi connectivity index (χ4v) is 4.70. The Labute approximate surface area is 127 Å². The molecule has 2 unspecified atom stereocenters. The van der Waals surface area contributed by atoms with Crippen LogP contribution in [0.2, 0.25) is 0 Å². The van der Waals surface area contributed by atoms with E-state index in [-0.39, 0.29) is 6.04 Å². The first-order valence-corrected chi connectivity index (χ1v) is 9.02. The highest BCUT2D eigenvalue weighted by atomic mass is 32.2. The number of hydrogen-bond donors (Lipinski definition) is 1. The molecule has 0 radical (unpaired) electrons. The summed E-state index contributed by atoms with van der Waals surface area (Å²) in [6, 6.07) is 1.74. The van der Waals surface area contributed by atoms with Crippen molar-refractivity contribution in [3.63, 3.8) is 0 Å². The van der Waals surface area contributed by atoms with Crippen molar-refractivity contribution in [3.8, 4) is 0 Å². The second kappa shape index (κ2) is 6.50. The highest BCUT2D eigenvalue weighted by Crippen LogP contribution is 2.31. The zero-order valence-corrected chi connectivity index (χ0v) is 14.2. The summed E-state index contributed by atoms with van der Waals surface area (Å²) in [6.45, 7) is 4.44. The molecule has 1 heterocycles. The predicted octanol–water partition coefficient (Wildman–Crippen LogP) is 2.51. The SMILES string of the molecule is CNCc1cc(S(=O)(=O)N(C)C2CCCC(C)C2)c(C)o1. The molecule has 2 atom stereocenters. The lowest BCUT2D eigenvalue weighted by molar-refractivity contribution is 0.239. The second-order valence-corrected chi connectivity index (χ2v) is 8.08. The van der Waals surface area contributed by atoms with Crippen molar-refractivity contribution in [3.05, 3.63) is 17.6 Å². The summed E-state index contributed by atoms with van der Waals surface area (Å²) in [7, 11) is 0.0254. The van der Waals surface area contributed by atoms with Crippen LogP contribution in [0.4, 0.5) is 0 Å². The lowest BCUT2D eigenvalue weighted by atomic mass is 9.87. The molecule has 5 nitrogen and oxygen atoms in total. The van der Waals surface area contributed by atoms with Gasteiger partial charge in [-0.2, -0.15) is 4.31 Å². The third kappa shape index (κ3) is 3.49. The fraction of sp³-hybridized carbons (Fsp3) is 0.733. The van der Waals surface area contributed by atoms with Crippen molar-refractivity contribution < 1.29 is 12.8 Å². The number of sulfonamides is 1. The molecule has 1 aliphatic rings. The number of nitrogens with one attached hydrogen (secondary N) is 1. The molecule has 21 heavy (non-hydrogen) atoms. The average molecular weight is 314 g/mol. The maximum atomic E-state index is 12.8. The van der Waals surface area contributed by atoms with Gasteiger partial charge in [0.05, 0.1) is 6.54 Å². The summed E-state index contributed by atoms with van der Waals surface area (Å²) in [4.78, 5) is 0.300. The lowest BCUT2D eigenvalue weighted by Crippen LogP contribution is -2.39. The molecule has 1 aromatic rings. The molecular formula is C15H26N2O3S. The number of rotatable bonds is 5. The van der Waals surface area contributed by atoms with Crippen LogP contribution in [0.5, 0.6) is 0 Å². The maximum absolute atomic E-state index is 12.8. The van der Waals surface area contributed by atoms with Crippen LogP contribution in [0.1, 0.15) is 44.1 Å². The van der Waals surface area contributed by atoms with Gasteiger partial charge >= 0.3 is 0 Å². The lowest BCUT2D eigenvalue weighted by Gasteiger charge is -2.33. The minimum absolute atomic E-state index is 0.0980. The van der Waals surface area contributed by atoms with Crippen LogP contribution < -0.4 is 5.32 Å². The van der Waals surface area contributed by atoms with E-state index in [4.69, 9.17) is 4.42 Å². The summed E-state index contributed by atoms with van der Waals surface area (Å²) in [5.41, 5.74) is 0. The zero-order chi connectivity index (χ0) is 15.6. The van der Waals surface area contributed by atoms with E-state index in [0.717, 1.165) is 19.3 Å². The van der Waals surface area contributed by atoms with Crippen LogP contribution in [0.15, 0.2) is 15.4 Å². The number of nitrogens with zero attached hydrogens (tertiary/aromatic N) is 1. The van der Waals surface area contributed by atoms with Crippen LogP contribution in [-0.2, 0) is 16.6 Å². The summed E-state index contributed by atoms with van der Waals surface area (Å²) in [6.07, 6.45) is 4.18. The third-order valence-corrected chi connectivity index (χ3v) is 6.37. The van der Waals surface area contributed by atoms with Crippen molar-refractivity contribution in [2.75, 3.05) is 14.1 Å². The Morgan fingerprint density at radius 1 is 1.43 bits per heavy atom. The summed E-state index contributed by atoms with van der Waals surface area (Å²) in [5.74, 6) is 1.71. The highest BCUT2D eigenvalue weighted by molar-refractivity contribution is 7.89. The topological polar surface area (TPSA) is 62.6 Å². The van der Waals surface area contributed by atoms with Gasteiger partial charge in [0, 0.05) is 19.2 Å². The summed E-state index contributed by atoms with van der Waals surface area (Å²) < 4.78 is 32.7. The van der Waals surface area contributed by atoms with E-state index < -0.39 is 10.0 Å². The molecule has 1 aliphatic carbocycles. The van der Waals surface area contributed by atoms with Crippen LogP contribution in [0.25, 0.3) is 0 Å². The standard InChI is InChI=1S/C15H26N2O3S/c1-11-6-5-7-13(8-11)17(4)21(18,19)15-9-14(10-16-3)20-12(15)2/h9,11,13,16H,5-8,10H2,1-4H3. The Morgan fingerprint density at radius 3 is 2.76 bits per heavy atom. The maximum Gasteiger partial charge on any atom is 0.246 e. The van der Waals surface area contributed by atoms with Gasteiger partial charge in [0.15, 0.2) is 0 Å². The Morgan fingerprint density at radius 2 is 2.14 bits per heavy atom. The molecule has 1 saturated carbocycles. The molecule has 1 aromatic heterocycles.